The number of hydrogen-bond donors (Lipinski definition) is 1. The molecule has 5 heteroatoms. The van der Waals surface area contributed by atoms with Crippen LogP contribution in [0.15, 0.2) is 42.7 Å². The van der Waals surface area contributed by atoms with Crippen molar-refractivity contribution in [3.63, 3.8) is 0 Å². The lowest BCUT2D eigenvalue weighted by Gasteiger charge is -2.30. The van der Waals surface area contributed by atoms with Crippen LogP contribution >= 0.6 is 11.6 Å². The second-order valence-electron chi connectivity index (χ2n) is 5.35. The Morgan fingerprint density at radius 2 is 2.10 bits per heavy atom. The highest BCUT2D eigenvalue weighted by Crippen LogP contribution is 2.26. The van der Waals surface area contributed by atoms with E-state index in [0.717, 1.165) is 5.56 Å². The highest BCUT2D eigenvalue weighted by atomic mass is 35.5. The zero-order chi connectivity index (χ0) is 15.3. The van der Waals surface area contributed by atoms with Gasteiger partial charge in [0, 0.05) is 25.2 Å². The molecule has 2 aromatic rings. The molecule has 21 heavy (non-hydrogen) atoms. The molecule has 0 aliphatic rings. The van der Waals surface area contributed by atoms with Crippen LogP contribution in [0.3, 0.4) is 0 Å². The molecule has 0 bridgehead atoms. The van der Waals surface area contributed by atoms with Crippen molar-refractivity contribution in [3.05, 3.63) is 53.3 Å². The van der Waals surface area contributed by atoms with Crippen molar-refractivity contribution in [2.75, 3.05) is 0 Å². The number of nitrogens with zero attached hydrogens (tertiary/aromatic N) is 3. The van der Waals surface area contributed by atoms with Crippen LogP contribution in [0.5, 0.6) is 0 Å². The van der Waals surface area contributed by atoms with Gasteiger partial charge in [0.1, 0.15) is 5.54 Å². The molecule has 1 heterocycles. The van der Waals surface area contributed by atoms with Gasteiger partial charge in [-0.15, -0.1) is 0 Å². The molecule has 0 saturated carbocycles. The molecule has 1 aromatic carbocycles. The highest BCUT2D eigenvalue weighted by molar-refractivity contribution is 6.30. The average Bonchev–Trinajstić information content (AvgIpc) is 2.90. The van der Waals surface area contributed by atoms with Crippen LogP contribution in [0, 0.1) is 11.3 Å². The van der Waals surface area contributed by atoms with Gasteiger partial charge in [-0.2, -0.15) is 10.4 Å². The topological polar surface area (TPSA) is 53.6 Å². The molecule has 1 N–H and O–H groups in total. The molecule has 0 radical (unpaired) electrons. The minimum atomic E-state index is -0.728. The number of nitrogens with one attached hydrogen (secondary N) is 1. The van der Waals surface area contributed by atoms with Crippen molar-refractivity contribution in [1.82, 2.24) is 15.1 Å². The number of nitriles is 1. The molecular formula is C16H19ClN4. The van der Waals surface area contributed by atoms with Crippen molar-refractivity contribution in [2.45, 2.75) is 38.4 Å². The molecule has 1 atom stereocenters. The number of halogens is 1. The van der Waals surface area contributed by atoms with Crippen molar-refractivity contribution >= 4 is 11.6 Å². The maximum absolute atomic E-state index is 9.79. The molecule has 110 valence electrons. The summed E-state index contributed by atoms with van der Waals surface area (Å²) >= 11 is 5.88. The van der Waals surface area contributed by atoms with Gasteiger partial charge < -0.3 is 0 Å². The lowest BCUT2D eigenvalue weighted by atomic mass is 9.87. The van der Waals surface area contributed by atoms with Gasteiger partial charge in [0.05, 0.1) is 17.3 Å². The van der Waals surface area contributed by atoms with Crippen LogP contribution in [0.2, 0.25) is 5.02 Å². The summed E-state index contributed by atoms with van der Waals surface area (Å²) in [6, 6.07) is 12.5. The number of hydrogen-bond acceptors (Lipinski definition) is 3. The van der Waals surface area contributed by atoms with Gasteiger partial charge >= 0.3 is 0 Å². The zero-order valence-electron chi connectivity index (χ0n) is 12.3. The molecule has 0 spiro atoms. The zero-order valence-corrected chi connectivity index (χ0v) is 13.0. The lowest BCUT2D eigenvalue weighted by molar-refractivity contribution is 0.337. The van der Waals surface area contributed by atoms with E-state index >= 15 is 0 Å². The standard InChI is InChI=1S/C16H19ClN4/c1-13(2)20-16(12-18,14-6-4-3-5-7-14)8-9-21-11-15(17)10-19-21/h3-7,10-11,13,20H,8-9H2,1-2H3. The number of benzene rings is 1. The van der Waals surface area contributed by atoms with Crippen LogP contribution in [0.4, 0.5) is 0 Å². The van der Waals surface area contributed by atoms with Crippen molar-refractivity contribution < 1.29 is 0 Å². The summed E-state index contributed by atoms with van der Waals surface area (Å²) in [7, 11) is 0. The molecule has 0 aliphatic heterocycles. The fraction of sp³-hybridized carbons (Fsp3) is 0.375. The maximum atomic E-state index is 9.79. The first-order valence-electron chi connectivity index (χ1n) is 6.98. The molecule has 4 nitrogen and oxygen atoms in total. The Morgan fingerprint density at radius 3 is 2.62 bits per heavy atom. The number of aryl methyl sites for hydroxylation is 1. The first kappa shape index (κ1) is 15.6. The molecule has 0 saturated heterocycles. The average molecular weight is 303 g/mol. The third kappa shape index (κ3) is 3.84. The lowest BCUT2D eigenvalue weighted by Crippen LogP contribution is -2.45. The van der Waals surface area contributed by atoms with Gasteiger partial charge in [-0.05, 0) is 19.4 Å². The normalized spacial score (nSPS) is 13.9. The smallest absolute Gasteiger partial charge is 0.134 e. The summed E-state index contributed by atoms with van der Waals surface area (Å²) < 4.78 is 1.76. The number of rotatable bonds is 6. The maximum Gasteiger partial charge on any atom is 0.134 e. The van der Waals surface area contributed by atoms with Crippen molar-refractivity contribution in [3.8, 4) is 6.07 Å². The van der Waals surface area contributed by atoms with Crippen LogP contribution in [-0.2, 0) is 12.1 Å². The summed E-state index contributed by atoms with van der Waals surface area (Å²) in [5.74, 6) is 0. The minimum absolute atomic E-state index is 0.200. The monoisotopic (exact) mass is 302 g/mol. The summed E-state index contributed by atoms with van der Waals surface area (Å²) in [4.78, 5) is 0. The molecular weight excluding hydrogens is 284 g/mol. The first-order chi connectivity index (χ1) is 10.1. The predicted octanol–water partition coefficient (Wildman–Crippen LogP) is 3.34. The molecule has 1 aromatic heterocycles. The van der Waals surface area contributed by atoms with Crippen molar-refractivity contribution in [2.24, 2.45) is 0 Å². The Morgan fingerprint density at radius 1 is 1.38 bits per heavy atom. The van der Waals surface area contributed by atoms with Crippen LogP contribution in [0.1, 0.15) is 25.8 Å². The van der Waals surface area contributed by atoms with E-state index < -0.39 is 5.54 Å². The first-order valence-corrected chi connectivity index (χ1v) is 7.36. The Labute approximate surface area is 130 Å². The molecule has 0 amide bonds. The van der Waals surface area contributed by atoms with Gasteiger partial charge in [-0.3, -0.25) is 10.00 Å². The Bertz CT molecular complexity index is 615. The van der Waals surface area contributed by atoms with Gasteiger partial charge in [0.2, 0.25) is 0 Å². The Balaban J connectivity index is 2.25. The molecule has 0 fully saturated rings. The third-order valence-corrected chi connectivity index (χ3v) is 3.51. The Hall–Kier alpha value is -1.83. The fourth-order valence-electron chi connectivity index (χ4n) is 2.41. The van der Waals surface area contributed by atoms with Crippen LogP contribution in [-0.4, -0.2) is 15.8 Å². The van der Waals surface area contributed by atoms with E-state index in [1.807, 2.05) is 44.2 Å². The largest absolute Gasteiger partial charge is 0.293 e. The van der Waals surface area contributed by atoms with E-state index in [-0.39, 0.29) is 6.04 Å². The van der Waals surface area contributed by atoms with Gasteiger partial charge in [0.25, 0.3) is 0 Å². The highest BCUT2D eigenvalue weighted by Gasteiger charge is 2.32. The Kier molecular flexibility index (Phi) is 5.00. The van der Waals surface area contributed by atoms with E-state index in [1.54, 1.807) is 17.1 Å². The third-order valence-electron chi connectivity index (χ3n) is 3.31. The van der Waals surface area contributed by atoms with E-state index in [2.05, 4.69) is 16.5 Å². The van der Waals surface area contributed by atoms with E-state index in [9.17, 15) is 5.26 Å². The van der Waals surface area contributed by atoms with Crippen LogP contribution in [0.25, 0.3) is 0 Å². The fourth-order valence-corrected chi connectivity index (χ4v) is 2.57. The van der Waals surface area contributed by atoms with Gasteiger partial charge in [-0.1, -0.05) is 41.9 Å². The summed E-state index contributed by atoms with van der Waals surface area (Å²) in [6.45, 7) is 4.70. The molecule has 1 unspecified atom stereocenters. The molecule has 0 aliphatic carbocycles. The van der Waals surface area contributed by atoms with Crippen molar-refractivity contribution in [1.29, 1.82) is 5.26 Å². The van der Waals surface area contributed by atoms with Crippen LogP contribution < -0.4 is 5.32 Å². The molecule has 2 rings (SSSR count). The minimum Gasteiger partial charge on any atom is -0.293 e. The van der Waals surface area contributed by atoms with E-state index in [1.165, 1.54) is 0 Å². The quantitative estimate of drug-likeness (QED) is 0.890. The SMILES string of the molecule is CC(C)NC(C#N)(CCn1cc(Cl)cn1)c1ccccc1. The number of aromatic nitrogens is 2. The van der Waals surface area contributed by atoms with E-state index in [0.29, 0.717) is 18.0 Å². The second-order valence-corrected chi connectivity index (χ2v) is 5.79. The van der Waals surface area contributed by atoms with Gasteiger partial charge in [0.15, 0.2) is 0 Å². The summed E-state index contributed by atoms with van der Waals surface area (Å²) in [5, 5.41) is 18.0. The second kappa shape index (κ2) is 6.75. The van der Waals surface area contributed by atoms with Gasteiger partial charge in [-0.25, -0.2) is 0 Å². The summed E-state index contributed by atoms with van der Waals surface area (Å²) in [6.07, 6.45) is 3.99. The summed E-state index contributed by atoms with van der Waals surface area (Å²) in [5.41, 5.74) is 0.243. The van der Waals surface area contributed by atoms with E-state index in [4.69, 9.17) is 11.6 Å². The predicted molar refractivity (Wildman–Crippen MR) is 83.9 cm³/mol.